The predicted octanol–water partition coefficient (Wildman–Crippen LogP) is 11.3. The standard InChI is InChI=1S/C42H75NO6Si2/c1-17-21-34(39(47)42(11,12)36(29-37(45)46)48-50(13,14)40(5,6)7)38(49-51(15,16)41(8,9)10)31(3)23-20-22-30(2)25-26-35(44)32(4)28-33-24-18-19-27-43-33/h18-19,24-25,27-28,31,34-36,38,44H,17,20-23,26,29H2,1-16H3,(H,45,46)/b30-25-,32-28+/t31-,34+,35-,36-,38-/m0/s1. The molecule has 0 bridgehead atoms. The van der Waals surface area contributed by atoms with Crippen LogP contribution >= 0.6 is 0 Å². The van der Waals surface area contributed by atoms with Crippen molar-refractivity contribution in [3.8, 4) is 0 Å². The number of allylic oxidation sites excluding steroid dienone is 1. The summed E-state index contributed by atoms with van der Waals surface area (Å²) in [6.45, 7) is 34.0. The van der Waals surface area contributed by atoms with Gasteiger partial charge in [0.05, 0.1) is 30.4 Å². The number of hydrogen-bond donors (Lipinski definition) is 2. The molecule has 0 fully saturated rings. The van der Waals surface area contributed by atoms with Crippen LogP contribution in [-0.2, 0) is 18.4 Å². The van der Waals surface area contributed by atoms with Gasteiger partial charge in [-0.15, -0.1) is 0 Å². The number of aliphatic hydroxyl groups excluding tert-OH is 1. The second kappa shape index (κ2) is 19.4. The molecule has 0 unspecified atom stereocenters. The maximum atomic E-state index is 14.9. The lowest BCUT2D eigenvalue weighted by atomic mass is 9.71. The van der Waals surface area contributed by atoms with Gasteiger partial charge in [0.1, 0.15) is 5.78 Å². The van der Waals surface area contributed by atoms with Crippen molar-refractivity contribution in [2.75, 3.05) is 0 Å². The van der Waals surface area contributed by atoms with E-state index in [0.29, 0.717) is 12.8 Å². The van der Waals surface area contributed by atoms with E-state index < -0.39 is 40.2 Å². The van der Waals surface area contributed by atoms with Crippen LogP contribution in [0.1, 0.15) is 134 Å². The van der Waals surface area contributed by atoms with E-state index in [1.165, 1.54) is 5.57 Å². The summed E-state index contributed by atoms with van der Waals surface area (Å²) in [4.78, 5) is 31.5. The maximum absolute atomic E-state index is 14.9. The summed E-state index contributed by atoms with van der Waals surface area (Å²) in [5, 5.41) is 20.6. The molecule has 0 aliphatic carbocycles. The number of aliphatic carboxylic acids is 1. The third-order valence-corrected chi connectivity index (χ3v) is 20.6. The van der Waals surface area contributed by atoms with Crippen molar-refractivity contribution in [3.05, 3.63) is 47.3 Å². The fourth-order valence-corrected chi connectivity index (χ4v) is 8.77. The zero-order valence-electron chi connectivity index (χ0n) is 35.3. The van der Waals surface area contributed by atoms with E-state index in [1.54, 1.807) is 6.20 Å². The van der Waals surface area contributed by atoms with Crippen molar-refractivity contribution < 1.29 is 28.7 Å². The Kier molecular flexibility index (Phi) is 17.9. The Morgan fingerprint density at radius 1 is 0.922 bits per heavy atom. The van der Waals surface area contributed by atoms with Crippen molar-refractivity contribution >= 4 is 34.5 Å². The number of carbonyl (C=O) groups is 2. The number of Topliss-reactive ketones (excluding diaryl/α,β-unsaturated/α-hetero) is 1. The Balaban J connectivity index is 3.35. The number of aromatic nitrogens is 1. The lowest BCUT2D eigenvalue weighted by Crippen LogP contribution is -2.55. The normalized spacial score (nSPS) is 17.1. The van der Waals surface area contributed by atoms with Crippen LogP contribution < -0.4 is 0 Å². The van der Waals surface area contributed by atoms with Crippen LogP contribution in [0.25, 0.3) is 6.08 Å². The molecule has 0 aliphatic heterocycles. The molecular formula is C42H75NO6Si2. The van der Waals surface area contributed by atoms with Crippen LogP contribution in [0.15, 0.2) is 41.6 Å². The van der Waals surface area contributed by atoms with Gasteiger partial charge >= 0.3 is 5.97 Å². The summed E-state index contributed by atoms with van der Waals surface area (Å²) in [5.74, 6) is -1.18. The highest BCUT2D eigenvalue weighted by Crippen LogP contribution is 2.45. The molecule has 5 atom stereocenters. The SMILES string of the molecule is CCC[C@@H](C(=O)C(C)(C)[C@H](CC(=O)O)O[Si](C)(C)C(C)(C)C)[C@@H](O[Si](C)(C)C(C)(C)C)[C@@H](C)CCC/C(C)=C\C[C@H](O)/C(C)=C/c1ccccn1. The van der Waals surface area contributed by atoms with Crippen molar-refractivity contribution in [3.63, 3.8) is 0 Å². The van der Waals surface area contributed by atoms with Gasteiger partial charge < -0.3 is 19.1 Å². The molecular weight excluding hydrogens is 671 g/mol. The van der Waals surface area contributed by atoms with E-state index in [2.05, 4.69) is 99.6 Å². The van der Waals surface area contributed by atoms with E-state index in [-0.39, 0.29) is 40.2 Å². The van der Waals surface area contributed by atoms with Gasteiger partial charge in [-0.05, 0) is 112 Å². The average Bonchev–Trinajstić information content (AvgIpc) is 2.99. The second-order valence-corrected chi connectivity index (χ2v) is 28.1. The molecule has 2 N–H and O–H groups in total. The number of hydrogen-bond acceptors (Lipinski definition) is 6. The summed E-state index contributed by atoms with van der Waals surface area (Å²) < 4.78 is 14.0. The lowest BCUT2D eigenvalue weighted by Gasteiger charge is -2.47. The van der Waals surface area contributed by atoms with Gasteiger partial charge in [-0.3, -0.25) is 14.6 Å². The van der Waals surface area contributed by atoms with Gasteiger partial charge in [0.15, 0.2) is 16.6 Å². The van der Waals surface area contributed by atoms with Gasteiger partial charge in [0.2, 0.25) is 0 Å². The Morgan fingerprint density at radius 2 is 1.49 bits per heavy atom. The first kappa shape index (κ1) is 47.1. The molecule has 1 rings (SSSR count). The molecule has 0 spiro atoms. The molecule has 1 heterocycles. The molecule has 9 heteroatoms. The minimum absolute atomic E-state index is 0.0408. The first-order chi connectivity index (χ1) is 23.2. The third-order valence-electron chi connectivity index (χ3n) is 11.7. The predicted molar refractivity (Wildman–Crippen MR) is 219 cm³/mol. The fourth-order valence-electron chi connectivity index (χ4n) is 5.90. The largest absolute Gasteiger partial charge is 0.481 e. The topological polar surface area (TPSA) is 106 Å². The smallest absolute Gasteiger partial charge is 0.305 e. The third kappa shape index (κ3) is 14.4. The molecule has 292 valence electrons. The number of carbonyl (C=O) groups excluding carboxylic acids is 1. The van der Waals surface area contributed by atoms with Gasteiger partial charge in [0, 0.05) is 17.5 Å². The molecule has 1 aromatic rings. The molecule has 1 aromatic heterocycles. The molecule has 0 saturated carbocycles. The van der Waals surface area contributed by atoms with Crippen LogP contribution in [0.5, 0.6) is 0 Å². The Hall–Kier alpha value is -1.92. The van der Waals surface area contributed by atoms with E-state index in [0.717, 1.165) is 37.0 Å². The number of aliphatic hydroxyl groups is 1. The van der Waals surface area contributed by atoms with Crippen LogP contribution in [-0.4, -0.2) is 61.9 Å². The summed E-state index contributed by atoms with van der Waals surface area (Å²) in [6.07, 6.45) is 8.75. The van der Waals surface area contributed by atoms with Crippen LogP contribution in [0.4, 0.5) is 0 Å². The molecule has 0 saturated heterocycles. The Bertz CT molecular complexity index is 1310. The molecule has 51 heavy (non-hydrogen) atoms. The quantitative estimate of drug-likeness (QED) is 0.0953. The summed E-state index contributed by atoms with van der Waals surface area (Å²) >= 11 is 0. The zero-order valence-corrected chi connectivity index (χ0v) is 37.3. The number of nitrogens with zero attached hydrogens (tertiary/aromatic N) is 1. The van der Waals surface area contributed by atoms with E-state index in [1.807, 2.05) is 45.0 Å². The lowest BCUT2D eigenvalue weighted by molar-refractivity contribution is -0.147. The van der Waals surface area contributed by atoms with E-state index >= 15 is 0 Å². The number of pyridine rings is 1. The number of ketones is 1. The monoisotopic (exact) mass is 746 g/mol. The van der Waals surface area contributed by atoms with Crippen molar-refractivity contribution in [2.45, 2.75) is 183 Å². The van der Waals surface area contributed by atoms with Gasteiger partial charge in [-0.25, -0.2) is 0 Å². The van der Waals surface area contributed by atoms with Crippen molar-refractivity contribution in [1.82, 2.24) is 4.98 Å². The Labute approximate surface area is 314 Å². The van der Waals surface area contributed by atoms with Crippen molar-refractivity contribution in [1.29, 1.82) is 0 Å². The highest BCUT2D eigenvalue weighted by molar-refractivity contribution is 6.74. The fraction of sp³-hybridized carbons (Fsp3) is 0.738. The minimum Gasteiger partial charge on any atom is -0.481 e. The summed E-state index contributed by atoms with van der Waals surface area (Å²) in [5.41, 5.74) is 1.93. The first-order valence-corrected chi connectivity index (χ1v) is 25.0. The summed E-state index contributed by atoms with van der Waals surface area (Å²) in [6, 6.07) is 5.75. The van der Waals surface area contributed by atoms with E-state index in [9.17, 15) is 19.8 Å². The zero-order chi connectivity index (χ0) is 39.6. The molecule has 0 amide bonds. The summed E-state index contributed by atoms with van der Waals surface area (Å²) in [7, 11) is -4.68. The van der Waals surface area contributed by atoms with Gasteiger partial charge in [0.25, 0.3) is 0 Å². The molecule has 0 radical (unpaired) electrons. The molecule has 0 aromatic carbocycles. The van der Waals surface area contributed by atoms with Crippen LogP contribution in [0.2, 0.25) is 36.3 Å². The highest BCUT2D eigenvalue weighted by atomic mass is 28.4. The van der Waals surface area contributed by atoms with Gasteiger partial charge in [-0.1, -0.05) is 93.4 Å². The number of rotatable bonds is 21. The van der Waals surface area contributed by atoms with E-state index in [4.69, 9.17) is 8.85 Å². The highest BCUT2D eigenvalue weighted by Gasteiger charge is 2.50. The number of carboxylic acids is 1. The first-order valence-electron chi connectivity index (χ1n) is 19.2. The maximum Gasteiger partial charge on any atom is 0.305 e. The molecule has 0 aliphatic rings. The van der Waals surface area contributed by atoms with Gasteiger partial charge in [-0.2, -0.15) is 0 Å². The van der Waals surface area contributed by atoms with Crippen LogP contribution in [0, 0.1) is 17.3 Å². The molecule has 7 nitrogen and oxygen atoms in total. The van der Waals surface area contributed by atoms with Crippen molar-refractivity contribution in [2.24, 2.45) is 17.3 Å². The second-order valence-electron chi connectivity index (χ2n) is 18.6. The Morgan fingerprint density at radius 3 is 1.98 bits per heavy atom. The number of carboxylic acid groups (broad SMARTS) is 1. The van der Waals surface area contributed by atoms with Crippen LogP contribution in [0.3, 0.4) is 0 Å². The minimum atomic E-state index is -2.39. The average molecular weight is 746 g/mol.